The van der Waals surface area contributed by atoms with Crippen molar-refractivity contribution < 1.29 is 14.0 Å². The Bertz CT molecular complexity index is 937. The van der Waals surface area contributed by atoms with Gasteiger partial charge in [0.1, 0.15) is 11.5 Å². The van der Waals surface area contributed by atoms with Gasteiger partial charge in [0.2, 0.25) is 0 Å². The van der Waals surface area contributed by atoms with Crippen molar-refractivity contribution in [1.82, 2.24) is 9.88 Å². The Balaban J connectivity index is 1.88. The fourth-order valence-corrected chi connectivity index (χ4v) is 2.63. The number of aromatic amines is 1. The van der Waals surface area contributed by atoms with Gasteiger partial charge in [-0.15, -0.1) is 0 Å². The van der Waals surface area contributed by atoms with Crippen molar-refractivity contribution in [2.45, 2.75) is 6.92 Å². The molecule has 0 aliphatic heterocycles. The predicted molar refractivity (Wildman–Crippen MR) is 95.4 cm³/mol. The van der Waals surface area contributed by atoms with E-state index in [1.807, 2.05) is 6.92 Å². The van der Waals surface area contributed by atoms with Gasteiger partial charge in [0, 0.05) is 30.7 Å². The van der Waals surface area contributed by atoms with Gasteiger partial charge in [0.05, 0.1) is 5.52 Å². The van der Waals surface area contributed by atoms with Crippen LogP contribution in [0.25, 0.3) is 10.9 Å². The first-order valence-electron chi connectivity index (χ1n) is 7.77. The maximum Gasteiger partial charge on any atom is 0.272 e. The molecule has 5 nitrogen and oxygen atoms in total. The summed E-state index contributed by atoms with van der Waals surface area (Å²) in [6.45, 7) is 1.84. The highest BCUT2D eigenvalue weighted by molar-refractivity contribution is 6.07. The minimum atomic E-state index is -0.399. The number of nitrogens with zero attached hydrogens (tertiary/aromatic N) is 1. The number of carbonyl (C=O) groups excluding carboxylic acids is 2. The average Bonchev–Trinajstić information content (AvgIpc) is 3.04. The summed E-state index contributed by atoms with van der Waals surface area (Å²) in [7, 11) is 3.32. The number of nitrogens with one attached hydrogen (secondary N) is 2. The van der Waals surface area contributed by atoms with E-state index in [4.69, 9.17) is 0 Å². The van der Waals surface area contributed by atoms with E-state index in [-0.39, 0.29) is 17.4 Å². The lowest BCUT2D eigenvalue weighted by molar-refractivity contribution is 0.0827. The number of H-pyrrole nitrogens is 1. The Hall–Kier alpha value is -3.15. The number of anilines is 1. The SMILES string of the molecule is Cc1ccc(F)c2cc(C(=O)Nc3cccc(C(=O)N(C)C)c3)[nH]c12. The van der Waals surface area contributed by atoms with Gasteiger partial charge in [0.15, 0.2) is 0 Å². The summed E-state index contributed by atoms with van der Waals surface area (Å²) in [6.07, 6.45) is 0. The Morgan fingerprint density at radius 1 is 1.12 bits per heavy atom. The molecule has 0 aliphatic rings. The molecule has 2 aromatic carbocycles. The summed E-state index contributed by atoms with van der Waals surface area (Å²) in [5, 5.41) is 3.11. The molecular weight excluding hydrogens is 321 g/mol. The molecule has 2 N–H and O–H groups in total. The molecule has 1 heterocycles. The number of hydrogen-bond donors (Lipinski definition) is 2. The number of carbonyl (C=O) groups is 2. The molecule has 0 unspecified atom stereocenters. The molecule has 128 valence electrons. The largest absolute Gasteiger partial charge is 0.350 e. The van der Waals surface area contributed by atoms with Crippen molar-refractivity contribution in [1.29, 1.82) is 0 Å². The van der Waals surface area contributed by atoms with Crippen LogP contribution in [0.3, 0.4) is 0 Å². The number of fused-ring (bicyclic) bond motifs is 1. The molecule has 0 aliphatic carbocycles. The lowest BCUT2D eigenvalue weighted by Gasteiger charge is -2.11. The number of amides is 2. The molecule has 0 spiro atoms. The second-order valence-corrected chi connectivity index (χ2v) is 6.07. The molecule has 2 amide bonds. The first-order valence-corrected chi connectivity index (χ1v) is 7.77. The normalized spacial score (nSPS) is 10.7. The third kappa shape index (κ3) is 3.24. The average molecular weight is 339 g/mol. The smallest absolute Gasteiger partial charge is 0.272 e. The van der Waals surface area contributed by atoms with E-state index in [0.717, 1.165) is 5.56 Å². The maximum absolute atomic E-state index is 13.9. The summed E-state index contributed by atoms with van der Waals surface area (Å²) in [6, 6.07) is 11.2. The number of hydrogen-bond acceptors (Lipinski definition) is 2. The van der Waals surface area contributed by atoms with Crippen molar-refractivity contribution in [3.05, 3.63) is 65.1 Å². The lowest BCUT2D eigenvalue weighted by atomic mass is 10.1. The molecule has 0 saturated heterocycles. The molecular formula is C19H18FN3O2. The third-order valence-electron chi connectivity index (χ3n) is 3.97. The first-order chi connectivity index (χ1) is 11.9. The molecule has 25 heavy (non-hydrogen) atoms. The molecule has 6 heteroatoms. The topological polar surface area (TPSA) is 65.2 Å². The molecule has 0 saturated carbocycles. The van der Waals surface area contributed by atoms with Crippen LogP contribution in [0, 0.1) is 12.7 Å². The summed E-state index contributed by atoms with van der Waals surface area (Å²) in [4.78, 5) is 28.9. The minimum absolute atomic E-state index is 0.153. The summed E-state index contributed by atoms with van der Waals surface area (Å²) < 4.78 is 13.9. The van der Waals surface area contributed by atoms with Crippen LogP contribution in [0.15, 0.2) is 42.5 Å². The highest BCUT2D eigenvalue weighted by atomic mass is 19.1. The highest BCUT2D eigenvalue weighted by Crippen LogP contribution is 2.23. The summed E-state index contributed by atoms with van der Waals surface area (Å²) >= 11 is 0. The number of rotatable bonds is 3. The van der Waals surface area contributed by atoms with Crippen LogP contribution in [-0.4, -0.2) is 35.8 Å². The van der Waals surface area contributed by atoms with Crippen molar-refractivity contribution in [2.75, 3.05) is 19.4 Å². The monoisotopic (exact) mass is 339 g/mol. The third-order valence-corrected chi connectivity index (χ3v) is 3.97. The zero-order valence-electron chi connectivity index (χ0n) is 14.2. The first kappa shape index (κ1) is 16.7. The fourth-order valence-electron chi connectivity index (χ4n) is 2.63. The molecule has 0 radical (unpaired) electrons. The second kappa shape index (κ2) is 6.39. The fraction of sp³-hybridized carbons (Fsp3) is 0.158. The molecule has 3 rings (SSSR count). The predicted octanol–water partition coefficient (Wildman–Crippen LogP) is 3.57. The van der Waals surface area contributed by atoms with Gasteiger partial charge in [-0.2, -0.15) is 0 Å². The van der Waals surface area contributed by atoms with Crippen molar-refractivity contribution in [3.8, 4) is 0 Å². The van der Waals surface area contributed by atoms with Gasteiger partial charge < -0.3 is 15.2 Å². The van der Waals surface area contributed by atoms with Gasteiger partial charge in [0.25, 0.3) is 11.8 Å². The van der Waals surface area contributed by atoms with E-state index in [0.29, 0.717) is 22.2 Å². The van der Waals surface area contributed by atoms with Gasteiger partial charge in [-0.05, 0) is 42.8 Å². The lowest BCUT2D eigenvalue weighted by Crippen LogP contribution is -2.22. The number of aromatic nitrogens is 1. The van der Waals surface area contributed by atoms with Gasteiger partial charge >= 0.3 is 0 Å². The zero-order valence-corrected chi connectivity index (χ0v) is 14.2. The van der Waals surface area contributed by atoms with Crippen LogP contribution < -0.4 is 5.32 Å². The Kier molecular flexibility index (Phi) is 4.27. The van der Waals surface area contributed by atoms with Crippen LogP contribution in [0.5, 0.6) is 0 Å². The maximum atomic E-state index is 13.9. The van der Waals surface area contributed by atoms with Crippen LogP contribution >= 0.6 is 0 Å². The van der Waals surface area contributed by atoms with Crippen molar-refractivity contribution >= 4 is 28.4 Å². The van der Waals surface area contributed by atoms with E-state index >= 15 is 0 Å². The molecule has 0 fully saturated rings. The number of aryl methyl sites for hydroxylation is 1. The van der Waals surface area contributed by atoms with Gasteiger partial charge in [-0.1, -0.05) is 12.1 Å². The standard InChI is InChI=1S/C19H18FN3O2/c1-11-7-8-15(20)14-10-16(22-17(11)14)18(24)21-13-6-4-5-12(9-13)19(25)23(2)3/h4-10,22H,1-3H3,(H,21,24). The number of benzene rings is 2. The van der Waals surface area contributed by atoms with E-state index < -0.39 is 5.91 Å². The van der Waals surface area contributed by atoms with E-state index in [2.05, 4.69) is 10.3 Å². The number of halogens is 1. The van der Waals surface area contributed by atoms with E-state index in [1.165, 1.54) is 17.0 Å². The van der Waals surface area contributed by atoms with E-state index in [1.54, 1.807) is 44.4 Å². The van der Waals surface area contributed by atoms with Crippen molar-refractivity contribution in [3.63, 3.8) is 0 Å². The van der Waals surface area contributed by atoms with Crippen LogP contribution in [-0.2, 0) is 0 Å². The van der Waals surface area contributed by atoms with E-state index in [9.17, 15) is 14.0 Å². The van der Waals surface area contributed by atoms with Crippen LogP contribution in [0.2, 0.25) is 0 Å². The molecule has 0 bridgehead atoms. The summed E-state index contributed by atoms with van der Waals surface area (Å²) in [5.41, 5.74) is 2.68. The highest BCUT2D eigenvalue weighted by Gasteiger charge is 2.14. The van der Waals surface area contributed by atoms with Crippen molar-refractivity contribution in [2.24, 2.45) is 0 Å². The van der Waals surface area contributed by atoms with Crippen LogP contribution in [0.1, 0.15) is 26.4 Å². The molecule has 3 aromatic rings. The Labute approximate surface area is 144 Å². The quantitative estimate of drug-likeness (QED) is 0.766. The zero-order chi connectivity index (χ0) is 18.1. The second-order valence-electron chi connectivity index (χ2n) is 6.07. The van der Waals surface area contributed by atoms with Gasteiger partial charge in [-0.25, -0.2) is 4.39 Å². The summed E-state index contributed by atoms with van der Waals surface area (Å²) in [5.74, 6) is -0.932. The molecule has 0 atom stereocenters. The Morgan fingerprint density at radius 3 is 2.56 bits per heavy atom. The molecule has 1 aromatic heterocycles. The Morgan fingerprint density at radius 2 is 1.88 bits per heavy atom. The van der Waals surface area contributed by atoms with Crippen LogP contribution in [0.4, 0.5) is 10.1 Å². The minimum Gasteiger partial charge on any atom is -0.350 e. The van der Waals surface area contributed by atoms with Gasteiger partial charge in [-0.3, -0.25) is 9.59 Å².